The van der Waals surface area contributed by atoms with E-state index in [1.807, 2.05) is 0 Å². The minimum Gasteiger partial charge on any atom is -0.455 e. The fourth-order valence-corrected chi connectivity index (χ4v) is 4.89. The topological polar surface area (TPSA) is 124 Å². The summed E-state index contributed by atoms with van der Waals surface area (Å²) < 4.78 is 37.1. The lowest BCUT2D eigenvalue weighted by Crippen LogP contribution is -2.21. The maximum atomic E-state index is 12.9. The fraction of sp³-hybridized carbons (Fsp3) is 0.312. The van der Waals surface area contributed by atoms with Crippen molar-refractivity contribution in [2.75, 3.05) is 4.72 Å². The van der Waals surface area contributed by atoms with Crippen LogP contribution < -0.4 is 10.5 Å². The number of aromatic nitrogens is 2. The molecule has 146 valence electrons. The minimum atomic E-state index is -3.95. The Morgan fingerprint density at radius 2 is 2.22 bits per heavy atom. The normalized spacial score (nSPS) is 13.6. The number of halogens is 1. The van der Waals surface area contributed by atoms with Gasteiger partial charge in [0, 0.05) is 30.0 Å². The average Bonchev–Trinajstić information content (AvgIpc) is 3.02. The highest BCUT2D eigenvalue weighted by Gasteiger charge is 2.28. The molecule has 0 saturated carbocycles. The van der Waals surface area contributed by atoms with Crippen molar-refractivity contribution in [1.29, 1.82) is 0 Å². The second-order valence-electron chi connectivity index (χ2n) is 5.52. The van der Waals surface area contributed by atoms with Crippen LogP contribution in [0.2, 0.25) is 5.02 Å². The highest BCUT2D eigenvalue weighted by Crippen LogP contribution is 2.32. The van der Waals surface area contributed by atoms with Crippen LogP contribution in [0, 0.1) is 0 Å². The van der Waals surface area contributed by atoms with Crippen LogP contribution in [0.1, 0.15) is 42.2 Å². The number of nitrogens with two attached hydrogens (primary N) is 1. The van der Waals surface area contributed by atoms with E-state index in [4.69, 9.17) is 22.1 Å². The molecule has 1 aromatic carbocycles. The monoisotopic (exact) mass is 430 g/mol. The second kappa shape index (κ2) is 8.79. The Hall–Kier alpha value is -2.01. The van der Waals surface area contributed by atoms with Gasteiger partial charge in [-0.25, -0.2) is 8.42 Å². The molecule has 11 heteroatoms. The van der Waals surface area contributed by atoms with E-state index in [0.717, 1.165) is 11.5 Å². The van der Waals surface area contributed by atoms with Crippen LogP contribution in [-0.2, 0) is 26.1 Å². The lowest BCUT2D eigenvalue weighted by molar-refractivity contribution is -0.146. The molecule has 0 amide bonds. The predicted molar refractivity (Wildman–Crippen MR) is 105 cm³/mol. The van der Waals surface area contributed by atoms with Gasteiger partial charge < -0.3 is 10.5 Å². The Labute approximate surface area is 166 Å². The molecule has 2 aromatic rings. The molecular formula is C16H19ClN4O4S2. The first-order valence-corrected chi connectivity index (χ1v) is 10.5. The predicted octanol–water partition coefficient (Wildman–Crippen LogP) is 2.94. The van der Waals surface area contributed by atoms with Crippen LogP contribution in [0.15, 0.2) is 30.9 Å². The third kappa shape index (κ3) is 5.04. The molecule has 0 bridgehead atoms. The molecule has 0 fully saturated rings. The largest absolute Gasteiger partial charge is 0.455 e. The summed E-state index contributed by atoms with van der Waals surface area (Å²) in [4.78, 5) is 15.1. The zero-order valence-corrected chi connectivity index (χ0v) is 17.1. The van der Waals surface area contributed by atoms with Gasteiger partial charge in [0.25, 0.3) is 0 Å². The van der Waals surface area contributed by atoms with E-state index >= 15 is 0 Å². The third-order valence-corrected chi connectivity index (χ3v) is 6.31. The first kappa shape index (κ1) is 21.3. The molecule has 0 radical (unpaired) electrons. The van der Waals surface area contributed by atoms with Gasteiger partial charge in [0.1, 0.15) is 5.25 Å². The van der Waals surface area contributed by atoms with Crippen LogP contribution >= 0.6 is 23.1 Å². The number of anilines is 1. The summed E-state index contributed by atoms with van der Waals surface area (Å²) in [7, 11) is -3.95. The molecule has 0 spiro atoms. The molecular weight excluding hydrogens is 412 g/mol. The van der Waals surface area contributed by atoms with Gasteiger partial charge in [0.05, 0.1) is 0 Å². The molecule has 3 N–H and O–H groups in total. The van der Waals surface area contributed by atoms with Gasteiger partial charge in [-0.05, 0) is 24.1 Å². The van der Waals surface area contributed by atoms with Gasteiger partial charge in [-0.3, -0.25) is 9.52 Å². The van der Waals surface area contributed by atoms with Crippen LogP contribution in [0.25, 0.3) is 0 Å². The fourth-order valence-electron chi connectivity index (χ4n) is 2.41. The van der Waals surface area contributed by atoms with Gasteiger partial charge in [0.2, 0.25) is 15.2 Å². The average molecular weight is 431 g/mol. The maximum absolute atomic E-state index is 12.9. The van der Waals surface area contributed by atoms with Crippen LogP contribution in [-0.4, -0.2) is 23.7 Å². The smallest absolute Gasteiger partial charge is 0.303 e. The van der Waals surface area contributed by atoms with Crippen molar-refractivity contribution in [3.05, 3.63) is 52.8 Å². The van der Waals surface area contributed by atoms with E-state index in [2.05, 4.69) is 20.7 Å². The molecule has 0 saturated heterocycles. The van der Waals surface area contributed by atoms with Gasteiger partial charge in [-0.15, -0.1) is 6.58 Å². The molecule has 0 aliphatic rings. The lowest BCUT2D eigenvalue weighted by atomic mass is 10.0. The quantitative estimate of drug-likeness (QED) is 0.487. The molecule has 0 aliphatic carbocycles. The standard InChI is InChI=1S/C16H19ClN4O4S2/c1-4-14(11-6-5-7-13(17)12(11)8-18)27(23,24)21-16-19-15(20-26-16)9(2)25-10(3)22/h4-7,9,14H,1,8,18H2,2-3H3,(H,19,20,21). The SMILES string of the molecule is C=CC(c1cccc(Cl)c1CN)S(=O)(=O)Nc1nc(C(C)OC(C)=O)ns1. The summed E-state index contributed by atoms with van der Waals surface area (Å²) in [5.74, 6) is -0.283. The second-order valence-corrected chi connectivity index (χ2v) is 8.49. The zero-order chi connectivity index (χ0) is 20.2. The number of ether oxygens (including phenoxy) is 1. The molecule has 1 heterocycles. The summed E-state index contributed by atoms with van der Waals surface area (Å²) in [6.07, 6.45) is 0.598. The summed E-state index contributed by atoms with van der Waals surface area (Å²) in [5.41, 5.74) is 6.68. The third-order valence-electron chi connectivity index (χ3n) is 3.59. The van der Waals surface area contributed by atoms with E-state index in [1.165, 1.54) is 13.0 Å². The van der Waals surface area contributed by atoms with Crippen LogP contribution in [0.4, 0.5) is 5.13 Å². The van der Waals surface area contributed by atoms with Crippen LogP contribution in [0.5, 0.6) is 0 Å². The van der Waals surface area contributed by atoms with Crippen molar-refractivity contribution < 1.29 is 17.9 Å². The number of nitrogens with zero attached hydrogens (tertiary/aromatic N) is 2. The Morgan fingerprint density at radius 1 is 1.52 bits per heavy atom. The van der Waals surface area contributed by atoms with Crippen molar-refractivity contribution >= 4 is 44.3 Å². The highest BCUT2D eigenvalue weighted by molar-refractivity contribution is 7.93. The highest BCUT2D eigenvalue weighted by atomic mass is 35.5. The molecule has 2 unspecified atom stereocenters. The molecule has 2 atom stereocenters. The van der Waals surface area contributed by atoms with E-state index < -0.39 is 27.3 Å². The number of benzene rings is 1. The van der Waals surface area contributed by atoms with Gasteiger partial charge in [-0.2, -0.15) is 9.36 Å². The van der Waals surface area contributed by atoms with Crippen molar-refractivity contribution in [3.63, 3.8) is 0 Å². The van der Waals surface area contributed by atoms with Crippen molar-refractivity contribution in [2.24, 2.45) is 5.73 Å². The lowest BCUT2D eigenvalue weighted by Gasteiger charge is -2.18. The summed E-state index contributed by atoms with van der Waals surface area (Å²) >= 11 is 6.97. The number of hydrogen-bond acceptors (Lipinski definition) is 8. The molecule has 2 rings (SSSR count). The van der Waals surface area contributed by atoms with Gasteiger partial charge in [0.15, 0.2) is 11.9 Å². The summed E-state index contributed by atoms with van der Waals surface area (Å²) in [6.45, 7) is 6.56. The number of carbonyl (C=O) groups excluding carboxylic acids is 1. The van der Waals surface area contributed by atoms with Gasteiger partial charge >= 0.3 is 5.97 Å². The van der Waals surface area contributed by atoms with E-state index in [1.54, 1.807) is 25.1 Å². The Balaban J connectivity index is 2.30. The Bertz CT molecular complexity index is 946. The number of esters is 1. The maximum Gasteiger partial charge on any atom is 0.303 e. The first-order chi connectivity index (χ1) is 12.7. The minimum absolute atomic E-state index is 0.0483. The number of carbonyl (C=O) groups is 1. The van der Waals surface area contributed by atoms with Crippen molar-refractivity contribution in [3.8, 4) is 0 Å². The van der Waals surface area contributed by atoms with Crippen molar-refractivity contribution in [2.45, 2.75) is 31.7 Å². The zero-order valence-electron chi connectivity index (χ0n) is 14.7. The first-order valence-electron chi connectivity index (χ1n) is 7.82. The summed E-state index contributed by atoms with van der Waals surface area (Å²) in [5, 5.41) is -0.661. The van der Waals surface area contributed by atoms with E-state index in [0.29, 0.717) is 16.1 Å². The summed E-state index contributed by atoms with van der Waals surface area (Å²) in [6, 6.07) is 4.92. The Kier molecular flexibility index (Phi) is 6.93. The van der Waals surface area contributed by atoms with E-state index in [-0.39, 0.29) is 17.5 Å². The van der Waals surface area contributed by atoms with Crippen molar-refractivity contribution in [1.82, 2.24) is 9.36 Å². The molecule has 27 heavy (non-hydrogen) atoms. The number of rotatable bonds is 8. The molecule has 1 aromatic heterocycles. The number of sulfonamides is 1. The number of nitrogens with one attached hydrogen (secondary N) is 1. The molecule has 8 nitrogen and oxygen atoms in total. The van der Waals surface area contributed by atoms with E-state index in [9.17, 15) is 13.2 Å². The Morgan fingerprint density at radius 3 is 2.81 bits per heavy atom. The van der Waals surface area contributed by atoms with Crippen LogP contribution in [0.3, 0.4) is 0 Å². The van der Waals surface area contributed by atoms with Gasteiger partial charge in [-0.1, -0.05) is 29.8 Å². The molecule has 0 aliphatic heterocycles. The number of hydrogen-bond donors (Lipinski definition) is 2.